The van der Waals surface area contributed by atoms with Crippen LogP contribution in [0.2, 0.25) is 0 Å². The molecule has 2 heterocycles. The van der Waals surface area contributed by atoms with E-state index in [1.165, 1.54) is 12.3 Å². The standard InChI is InChI=1S/C13H15NO7/c1-2-13(20)9(16)8(6-15)21-12(13)14-5-3-4-7(10(14)17)11(18)19/h2-5,8-9,12,15-16,20H,1,6H2,(H,18,19)/t8-,9?,12-,13?/m1/s1. The lowest BCUT2D eigenvalue weighted by Gasteiger charge is -2.28. The highest BCUT2D eigenvalue weighted by Crippen LogP contribution is 2.38. The maximum atomic E-state index is 12.1. The number of aliphatic hydroxyl groups is 3. The van der Waals surface area contributed by atoms with E-state index < -0.39 is 47.7 Å². The number of nitrogens with zero attached hydrogens (tertiary/aromatic N) is 1. The van der Waals surface area contributed by atoms with Crippen LogP contribution >= 0.6 is 0 Å². The number of aromatic carboxylic acids is 1. The summed E-state index contributed by atoms with van der Waals surface area (Å²) in [6.07, 6.45) is -1.81. The monoisotopic (exact) mass is 297 g/mol. The number of aromatic nitrogens is 1. The first-order valence-electron chi connectivity index (χ1n) is 6.11. The van der Waals surface area contributed by atoms with Gasteiger partial charge in [-0.2, -0.15) is 0 Å². The topological polar surface area (TPSA) is 129 Å². The number of rotatable bonds is 4. The van der Waals surface area contributed by atoms with Crippen molar-refractivity contribution in [2.24, 2.45) is 0 Å². The summed E-state index contributed by atoms with van der Waals surface area (Å²) in [4.78, 5) is 23.1. The molecule has 1 aromatic heterocycles. The first-order chi connectivity index (χ1) is 9.86. The van der Waals surface area contributed by atoms with Crippen molar-refractivity contribution in [2.75, 3.05) is 6.61 Å². The van der Waals surface area contributed by atoms with Gasteiger partial charge in [-0.1, -0.05) is 12.7 Å². The van der Waals surface area contributed by atoms with Crippen LogP contribution < -0.4 is 5.56 Å². The highest BCUT2D eigenvalue weighted by Gasteiger charge is 2.54. The Bertz CT molecular complexity index is 625. The minimum atomic E-state index is -2.03. The molecule has 21 heavy (non-hydrogen) atoms. The lowest BCUT2D eigenvalue weighted by Crippen LogP contribution is -2.47. The van der Waals surface area contributed by atoms with Crippen LogP contribution in [0.15, 0.2) is 35.8 Å². The van der Waals surface area contributed by atoms with E-state index in [9.17, 15) is 19.8 Å². The molecule has 2 unspecified atom stereocenters. The van der Waals surface area contributed by atoms with E-state index in [1.807, 2.05) is 0 Å². The fraction of sp³-hybridized carbons (Fsp3) is 0.385. The Kier molecular flexibility index (Phi) is 3.97. The molecule has 1 fully saturated rings. The highest BCUT2D eigenvalue weighted by atomic mass is 16.6. The van der Waals surface area contributed by atoms with Gasteiger partial charge in [0.1, 0.15) is 17.8 Å². The fourth-order valence-corrected chi connectivity index (χ4v) is 2.30. The number of ether oxygens (including phenoxy) is 1. The third kappa shape index (κ3) is 2.28. The molecule has 0 aliphatic carbocycles. The molecule has 2 rings (SSSR count). The summed E-state index contributed by atoms with van der Waals surface area (Å²) in [5.74, 6) is -1.42. The van der Waals surface area contributed by atoms with Gasteiger partial charge in [0, 0.05) is 6.20 Å². The molecule has 1 saturated heterocycles. The zero-order valence-corrected chi connectivity index (χ0v) is 10.9. The Labute approximate surface area is 119 Å². The molecular weight excluding hydrogens is 282 g/mol. The van der Waals surface area contributed by atoms with E-state index >= 15 is 0 Å². The fourth-order valence-electron chi connectivity index (χ4n) is 2.30. The molecule has 4 atom stereocenters. The number of carbonyl (C=O) groups is 1. The maximum Gasteiger partial charge on any atom is 0.341 e. The zero-order chi connectivity index (χ0) is 15.8. The molecule has 0 radical (unpaired) electrons. The van der Waals surface area contributed by atoms with Crippen molar-refractivity contribution in [3.63, 3.8) is 0 Å². The number of hydrogen-bond acceptors (Lipinski definition) is 6. The Morgan fingerprint density at radius 3 is 2.76 bits per heavy atom. The molecule has 8 nitrogen and oxygen atoms in total. The van der Waals surface area contributed by atoms with Gasteiger partial charge in [-0.3, -0.25) is 9.36 Å². The van der Waals surface area contributed by atoms with E-state index in [-0.39, 0.29) is 0 Å². The minimum absolute atomic E-state index is 0.505. The van der Waals surface area contributed by atoms with Gasteiger partial charge < -0.3 is 25.2 Å². The number of aliphatic hydroxyl groups excluding tert-OH is 2. The second-order valence-corrected chi connectivity index (χ2v) is 4.69. The summed E-state index contributed by atoms with van der Waals surface area (Å²) >= 11 is 0. The molecule has 4 N–H and O–H groups in total. The molecule has 0 spiro atoms. The van der Waals surface area contributed by atoms with Crippen molar-refractivity contribution < 1.29 is 30.0 Å². The van der Waals surface area contributed by atoms with Gasteiger partial charge >= 0.3 is 5.97 Å². The van der Waals surface area contributed by atoms with E-state index in [4.69, 9.17) is 14.9 Å². The average Bonchev–Trinajstić information content (AvgIpc) is 2.72. The zero-order valence-electron chi connectivity index (χ0n) is 10.9. The van der Waals surface area contributed by atoms with Gasteiger partial charge in [0.2, 0.25) is 0 Å². The molecule has 0 aromatic carbocycles. The van der Waals surface area contributed by atoms with Crippen LogP contribution in [-0.4, -0.2) is 55.4 Å². The summed E-state index contributed by atoms with van der Waals surface area (Å²) in [6, 6.07) is 2.42. The van der Waals surface area contributed by atoms with E-state index in [0.717, 1.165) is 16.7 Å². The molecule has 0 saturated carbocycles. The summed E-state index contributed by atoms with van der Waals surface area (Å²) in [5.41, 5.74) is -3.44. The van der Waals surface area contributed by atoms with Gasteiger partial charge in [-0.05, 0) is 12.1 Å². The quantitative estimate of drug-likeness (QED) is 0.509. The van der Waals surface area contributed by atoms with Crippen molar-refractivity contribution in [1.29, 1.82) is 0 Å². The third-order valence-corrected chi connectivity index (χ3v) is 3.49. The van der Waals surface area contributed by atoms with Gasteiger partial charge in [0.25, 0.3) is 5.56 Å². The molecule has 1 aliphatic heterocycles. The second-order valence-electron chi connectivity index (χ2n) is 4.69. The molecule has 1 aromatic rings. The van der Waals surface area contributed by atoms with Crippen molar-refractivity contribution in [2.45, 2.75) is 24.0 Å². The number of hydrogen-bond donors (Lipinski definition) is 4. The van der Waals surface area contributed by atoms with Crippen molar-refractivity contribution in [3.05, 3.63) is 46.9 Å². The lowest BCUT2D eigenvalue weighted by molar-refractivity contribution is -0.0807. The Morgan fingerprint density at radius 2 is 2.24 bits per heavy atom. The Balaban J connectivity index is 2.56. The average molecular weight is 297 g/mol. The molecule has 1 aliphatic rings. The minimum Gasteiger partial charge on any atom is -0.477 e. The van der Waals surface area contributed by atoms with Crippen LogP contribution in [0.1, 0.15) is 16.6 Å². The molecule has 0 amide bonds. The predicted octanol–water partition coefficient (Wildman–Crippen LogP) is -1.29. The van der Waals surface area contributed by atoms with E-state index in [2.05, 4.69) is 6.58 Å². The molecule has 0 bridgehead atoms. The first kappa shape index (κ1) is 15.4. The summed E-state index contributed by atoms with van der Waals surface area (Å²) in [5, 5.41) is 38.5. The van der Waals surface area contributed by atoms with Crippen molar-refractivity contribution in [1.82, 2.24) is 4.57 Å². The summed E-state index contributed by atoms with van der Waals surface area (Å²) < 4.78 is 6.13. The van der Waals surface area contributed by atoms with Crippen LogP contribution in [0, 0.1) is 0 Å². The van der Waals surface area contributed by atoms with Crippen LogP contribution in [0.5, 0.6) is 0 Å². The van der Waals surface area contributed by atoms with E-state index in [1.54, 1.807) is 0 Å². The van der Waals surface area contributed by atoms with Crippen molar-refractivity contribution in [3.8, 4) is 0 Å². The summed E-state index contributed by atoms with van der Waals surface area (Å²) in [7, 11) is 0. The summed E-state index contributed by atoms with van der Waals surface area (Å²) in [6.45, 7) is 2.81. The molecule has 8 heteroatoms. The lowest BCUT2D eigenvalue weighted by atomic mass is 9.94. The van der Waals surface area contributed by atoms with E-state index in [0.29, 0.717) is 0 Å². The van der Waals surface area contributed by atoms with Gasteiger partial charge in [0.15, 0.2) is 11.8 Å². The van der Waals surface area contributed by atoms with Crippen LogP contribution in [0.3, 0.4) is 0 Å². The number of carboxylic acids is 1. The second kappa shape index (κ2) is 5.41. The Hall–Kier alpha value is -2.00. The van der Waals surface area contributed by atoms with Crippen LogP contribution in [0.4, 0.5) is 0 Å². The van der Waals surface area contributed by atoms with Crippen molar-refractivity contribution >= 4 is 5.97 Å². The third-order valence-electron chi connectivity index (χ3n) is 3.49. The van der Waals surface area contributed by atoms with Gasteiger partial charge in [-0.25, -0.2) is 4.79 Å². The smallest absolute Gasteiger partial charge is 0.341 e. The van der Waals surface area contributed by atoms with Gasteiger partial charge in [-0.15, -0.1) is 0 Å². The van der Waals surface area contributed by atoms with Gasteiger partial charge in [0.05, 0.1) is 6.61 Å². The maximum absolute atomic E-state index is 12.1. The predicted molar refractivity (Wildman–Crippen MR) is 69.8 cm³/mol. The van der Waals surface area contributed by atoms with Crippen LogP contribution in [0.25, 0.3) is 0 Å². The Morgan fingerprint density at radius 1 is 1.57 bits per heavy atom. The molecular formula is C13H15NO7. The number of pyridine rings is 1. The first-order valence-corrected chi connectivity index (χ1v) is 6.11. The normalized spacial score (nSPS) is 32.0. The number of carboxylic acid groups (broad SMARTS) is 1. The largest absolute Gasteiger partial charge is 0.477 e. The SMILES string of the molecule is C=CC1(O)C(O)[C@@H](CO)O[C@H]1n1cccc(C(=O)O)c1=O. The van der Waals surface area contributed by atoms with Crippen LogP contribution in [-0.2, 0) is 4.74 Å². The highest BCUT2D eigenvalue weighted by molar-refractivity contribution is 5.86. The molecule has 114 valence electrons.